The van der Waals surface area contributed by atoms with Crippen LogP contribution in [0, 0.1) is 5.41 Å². The summed E-state index contributed by atoms with van der Waals surface area (Å²) in [6, 6.07) is 8.43. The van der Waals surface area contributed by atoms with Gasteiger partial charge >= 0.3 is 0 Å². The Morgan fingerprint density at radius 3 is 2.83 bits per heavy atom. The lowest BCUT2D eigenvalue weighted by molar-refractivity contribution is 0.353. The summed E-state index contributed by atoms with van der Waals surface area (Å²) >= 11 is 0. The van der Waals surface area contributed by atoms with Crippen molar-refractivity contribution in [2.45, 2.75) is 20.3 Å². The van der Waals surface area contributed by atoms with Crippen LogP contribution in [0.4, 0.5) is 0 Å². The number of aromatic amines is 1. The number of hydrogen-bond acceptors (Lipinski definition) is 2. The van der Waals surface area contributed by atoms with E-state index in [1.165, 1.54) is 16.5 Å². The van der Waals surface area contributed by atoms with Gasteiger partial charge in [0.25, 0.3) is 0 Å². The average molecular weight is 245 g/mol. The molecule has 98 valence electrons. The van der Waals surface area contributed by atoms with Crippen LogP contribution in [0.25, 0.3) is 10.9 Å². The molecule has 0 radical (unpaired) electrons. The molecule has 1 aromatic heterocycles. The Balaban J connectivity index is 1.87. The van der Waals surface area contributed by atoms with Crippen molar-refractivity contribution in [3.05, 3.63) is 36.0 Å². The van der Waals surface area contributed by atoms with E-state index < -0.39 is 0 Å². The average Bonchev–Trinajstić information content (AvgIpc) is 2.78. The maximum Gasteiger partial charge on any atom is 0.0456 e. The van der Waals surface area contributed by atoms with E-state index in [2.05, 4.69) is 54.6 Å². The number of rotatable bonds is 6. The topological polar surface area (TPSA) is 53.8 Å². The summed E-state index contributed by atoms with van der Waals surface area (Å²) in [6.07, 6.45) is 3.16. The molecule has 0 aliphatic carbocycles. The molecule has 1 aromatic carbocycles. The van der Waals surface area contributed by atoms with Gasteiger partial charge in [-0.15, -0.1) is 0 Å². The van der Waals surface area contributed by atoms with Gasteiger partial charge < -0.3 is 16.0 Å². The van der Waals surface area contributed by atoms with Gasteiger partial charge in [-0.1, -0.05) is 32.0 Å². The molecule has 0 spiro atoms. The molecular formula is C15H23N3. The van der Waals surface area contributed by atoms with Crippen LogP contribution in [0.1, 0.15) is 19.4 Å². The maximum atomic E-state index is 5.71. The van der Waals surface area contributed by atoms with E-state index in [0.29, 0.717) is 6.54 Å². The van der Waals surface area contributed by atoms with Gasteiger partial charge in [0.15, 0.2) is 0 Å². The molecule has 0 atom stereocenters. The van der Waals surface area contributed by atoms with Crippen molar-refractivity contribution in [2.75, 3.05) is 19.6 Å². The second-order valence-corrected chi connectivity index (χ2v) is 5.65. The van der Waals surface area contributed by atoms with Gasteiger partial charge in [0.05, 0.1) is 0 Å². The molecule has 0 saturated heterocycles. The molecule has 0 aliphatic rings. The lowest BCUT2D eigenvalue weighted by atomic mass is 9.94. The summed E-state index contributed by atoms with van der Waals surface area (Å²) in [5.74, 6) is 0. The van der Waals surface area contributed by atoms with E-state index in [9.17, 15) is 0 Å². The zero-order chi connectivity index (χ0) is 13.0. The first-order valence-electron chi connectivity index (χ1n) is 6.58. The van der Waals surface area contributed by atoms with Crippen molar-refractivity contribution in [2.24, 2.45) is 11.1 Å². The Hall–Kier alpha value is -1.32. The van der Waals surface area contributed by atoms with Crippen LogP contribution in [0.15, 0.2) is 30.5 Å². The maximum absolute atomic E-state index is 5.71. The summed E-state index contributed by atoms with van der Waals surface area (Å²) in [5.41, 5.74) is 8.49. The second-order valence-electron chi connectivity index (χ2n) is 5.65. The van der Waals surface area contributed by atoms with Gasteiger partial charge in [0, 0.05) is 23.6 Å². The third-order valence-corrected chi connectivity index (χ3v) is 3.40. The van der Waals surface area contributed by atoms with E-state index in [4.69, 9.17) is 5.73 Å². The van der Waals surface area contributed by atoms with Crippen LogP contribution < -0.4 is 11.1 Å². The molecule has 0 aliphatic heterocycles. The van der Waals surface area contributed by atoms with Gasteiger partial charge in [-0.3, -0.25) is 0 Å². The highest BCUT2D eigenvalue weighted by atomic mass is 14.9. The van der Waals surface area contributed by atoms with Gasteiger partial charge in [-0.2, -0.15) is 0 Å². The minimum atomic E-state index is 0.181. The van der Waals surface area contributed by atoms with Crippen molar-refractivity contribution < 1.29 is 0 Å². The molecule has 3 heteroatoms. The van der Waals surface area contributed by atoms with E-state index in [1.807, 2.05) is 0 Å². The number of fused-ring (bicyclic) bond motifs is 1. The smallest absolute Gasteiger partial charge is 0.0456 e. The van der Waals surface area contributed by atoms with Crippen molar-refractivity contribution in [3.8, 4) is 0 Å². The molecule has 18 heavy (non-hydrogen) atoms. The van der Waals surface area contributed by atoms with Crippen LogP contribution in [0.2, 0.25) is 0 Å². The number of benzene rings is 1. The van der Waals surface area contributed by atoms with Gasteiger partial charge in [0.1, 0.15) is 0 Å². The normalized spacial score (nSPS) is 12.2. The van der Waals surface area contributed by atoms with Crippen LogP contribution >= 0.6 is 0 Å². The first-order valence-corrected chi connectivity index (χ1v) is 6.58. The summed E-state index contributed by atoms with van der Waals surface area (Å²) < 4.78 is 0. The fourth-order valence-electron chi connectivity index (χ4n) is 2.06. The second kappa shape index (κ2) is 5.55. The highest BCUT2D eigenvalue weighted by Gasteiger charge is 2.14. The van der Waals surface area contributed by atoms with E-state index >= 15 is 0 Å². The van der Waals surface area contributed by atoms with Crippen LogP contribution in [0.5, 0.6) is 0 Å². The monoisotopic (exact) mass is 245 g/mol. The first-order chi connectivity index (χ1) is 8.62. The minimum Gasteiger partial charge on any atom is -0.361 e. The fraction of sp³-hybridized carbons (Fsp3) is 0.467. The van der Waals surface area contributed by atoms with E-state index in [-0.39, 0.29) is 5.41 Å². The summed E-state index contributed by atoms with van der Waals surface area (Å²) in [5, 5.41) is 4.82. The Bertz CT molecular complexity index is 499. The lowest BCUT2D eigenvalue weighted by Crippen LogP contribution is -2.36. The molecule has 0 fully saturated rings. The largest absolute Gasteiger partial charge is 0.361 e. The van der Waals surface area contributed by atoms with Crippen LogP contribution in [-0.4, -0.2) is 24.6 Å². The first kappa shape index (κ1) is 13.1. The highest BCUT2D eigenvalue weighted by molar-refractivity contribution is 5.83. The lowest BCUT2D eigenvalue weighted by Gasteiger charge is -2.22. The Kier molecular flexibility index (Phi) is 4.04. The van der Waals surface area contributed by atoms with Crippen molar-refractivity contribution >= 4 is 10.9 Å². The number of nitrogens with one attached hydrogen (secondary N) is 2. The summed E-state index contributed by atoms with van der Waals surface area (Å²) in [4.78, 5) is 3.31. The molecule has 1 heterocycles. The van der Waals surface area contributed by atoms with Crippen molar-refractivity contribution in [3.63, 3.8) is 0 Å². The SMILES string of the molecule is CC(C)(CN)CNCCc1c[nH]c2ccccc12. The predicted molar refractivity (Wildman–Crippen MR) is 77.7 cm³/mol. The fourth-order valence-corrected chi connectivity index (χ4v) is 2.06. The molecule has 0 bridgehead atoms. The van der Waals surface area contributed by atoms with E-state index in [0.717, 1.165) is 19.5 Å². The molecule has 2 aromatic rings. The molecular weight excluding hydrogens is 222 g/mol. The Morgan fingerprint density at radius 1 is 1.28 bits per heavy atom. The zero-order valence-electron chi connectivity index (χ0n) is 11.3. The molecule has 0 unspecified atom stereocenters. The number of H-pyrrole nitrogens is 1. The zero-order valence-corrected chi connectivity index (χ0v) is 11.3. The summed E-state index contributed by atoms with van der Waals surface area (Å²) in [6.45, 7) is 7.04. The third-order valence-electron chi connectivity index (χ3n) is 3.40. The van der Waals surface area contributed by atoms with Crippen molar-refractivity contribution in [1.29, 1.82) is 0 Å². The highest BCUT2D eigenvalue weighted by Crippen LogP contribution is 2.17. The quantitative estimate of drug-likeness (QED) is 0.684. The third kappa shape index (κ3) is 3.12. The molecule has 4 N–H and O–H groups in total. The minimum absolute atomic E-state index is 0.181. The Morgan fingerprint density at radius 2 is 2.06 bits per heavy atom. The molecule has 0 saturated carbocycles. The van der Waals surface area contributed by atoms with Crippen LogP contribution in [-0.2, 0) is 6.42 Å². The standard InChI is InChI=1S/C15H23N3/c1-15(2,10-16)11-17-8-7-12-9-18-14-6-4-3-5-13(12)14/h3-6,9,17-18H,7-8,10-11,16H2,1-2H3. The molecule has 3 nitrogen and oxygen atoms in total. The van der Waals surface area contributed by atoms with Gasteiger partial charge in [0.2, 0.25) is 0 Å². The summed E-state index contributed by atoms with van der Waals surface area (Å²) in [7, 11) is 0. The number of nitrogens with two attached hydrogens (primary N) is 1. The number of hydrogen-bond donors (Lipinski definition) is 3. The number of aromatic nitrogens is 1. The number of para-hydroxylation sites is 1. The van der Waals surface area contributed by atoms with Crippen LogP contribution in [0.3, 0.4) is 0 Å². The van der Waals surface area contributed by atoms with Gasteiger partial charge in [-0.25, -0.2) is 0 Å². The molecule has 0 amide bonds. The van der Waals surface area contributed by atoms with Crippen molar-refractivity contribution in [1.82, 2.24) is 10.3 Å². The van der Waals surface area contributed by atoms with Gasteiger partial charge in [-0.05, 0) is 36.6 Å². The molecule has 2 rings (SSSR count). The Labute approximate surface area is 109 Å². The predicted octanol–water partition coefficient (Wildman–Crippen LogP) is 2.28. The van der Waals surface area contributed by atoms with E-state index in [1.54, 1.807) is 0 Å².